The first kappa shape index (κ1) is 32.0. The molecular formula is C40H44BN3O5. The van der Waals surface area contributed by atoms with Crippen molar-refractivity contribution in [2.45, 2.75) is 83.2 Å². The number of pyridine rings is 1. The van der Waals surface area contributed by atoms with E-state index in [1.165, 1.54) is 6.42 Å². The molecule has 3 aromatic carbocycles. The smallest absolute Gasteiger partial charge is 0.481 e. The van der Waals surface area contributed by atoms with Gasteiger partial charge in [0.1, 0.15) is 17.9 Å². The number of hydrogen-bond donors (Lipinski definition) is 1. The second-order valence-electron chi connectivity index (χ2n) is 15.1. The molecule has 1 aromatic heterocycles. The molecule has 3 aliphatic carbocycles. The van der Waals surface area contributed by atoms with Gasteiger partial charge in [0.15, 0.2) is 0 Å². The molecule has 8 nitrogen and oxygen atoms in total. The largest absolute Gasteiger partial charge is 0.488 e. The van der Waals surface area contributed by atoms with Gasteiger partial charge in [-0.2, -0.15) is 0 Å². The number of nitrogens with one attached hydrogen (secondary N) is 1. The number of ether oxygens (including phenoxy) is 1. The molecule has 2 bridgehead atoms. The Morgan fingerprint density at radius 2 is 1.69 bits per heavy atom. The number of likely N-dealkylation sites (tertiary alicyclic amines) is 1. The third-order valence-corrected chi connectivity index (χ3v) is 12.0. The first-order valence-corrected chi connectivity index (χ1v) is 17.8. The average Bonchev–Trinajstić information content (AvgIpc) is 3.71. The van der Waals surface area contributed by atoms with Crippen LogP contribution in [0.5, 0.6) is 5.75 Å². The topological polar surface area (TPSA) is 90.0 Å². The predicted octanol–water partition coefficient (Wildman–Crippen LogP) is 6.73. The molecule has 9 heteroatoms. The highest BCUT2D eigenvalue weighted by molar-refractivity contribution is 6.47. The van der Waals surface area contributed by atoms with Gasteiger partial charge in [-0.25, -0.2) is 4.98 Å². The van der Waals surface area contributed by atoms with Crippen LogP contribution in [0.15, 0.2) is 91.0 Å². The number of carbonyl (C=O) groups excluding carboxylic acids is 2. The molecule has 49 heavy (non-hydrogen) atoms. The normalized spacial score (nSPS) is 28.9. The number of amides is 2. The van der Waals surface area contributed by atoms with Gasteiger partial charge in [0.05, 0.1) is 35.4 Å². The van der Waals surface area contributed by atoms with Gasteiger partial charge in [0.25, 0.3) is 5.91 Å². The lowest BCUT2D eigenvalue weighted by molar-refractivity contribution is -0.199. The van der Waals surface area contributed by atoms with Crippen LogP contribution < -0.4 is 10.1 Å². The number of aromatic nitrogens is 1. The monoisotopic (exact) mass is 657 g/mol. The maximum absolute atomic E-state index is 14.3. The fourth-order valence-electron chi connectivity index (χ4n) is 8.99. The number of nitrogens with zero attached hydrogens (tertiary/aromatic N) is 2. The molecule has 5 aliphatic rings. The molecule has 252 valence electrons. The van der Waals surface area contributed by atoms with Gasteiger partial charge in [0, 0.05) is 29.0 Å². The Labute approximate surface area is 288 Å². The first-order valence-electron chi connectivity index (χ1n) is 17.8. The fraction of sp³-hybridized carbons (Fsp3) is 0.425. The summed E-state index contributed by atoms with van der Waals surface area (Å²) in [4.78, 5) is 34.8. The van der Waals surface area contributed by atoms with Crippen molar-refractivity contribution in [2.75, 3.05) is 6.54 Å². The van der Waals surface area contributed by atoms with E-state index in [4.69, 9.17) is 19.0 Å². The second kappa shape index (κ2) is 12.3. The SMILES string of the molecule is CC[C@H](NC(=O)[C@@H]1C[C@@H](Oc2cc(-c3ccccc3)nc3ccccc23)CN1C(=O)c1ccccc1)B1OC2C[C@H]3C[C@H](C3(C)C)[C@]2(C)O1. The lowest BCUT2D eigenvalue weighted by Gasteiger charge is -2.64. The van der Waals surface area contributed by atoms with E-state index < -0.39 is 19.3 Å². The third-order valence-electron chi connectivity index (χ3n) is 12.0. The van der Waals surface area contributed by atoms with Crippen molar-refractivity contribution >= 4 is 29.8 Å². The minimum atomic E-state index is -0.723. The Morgan fingerprint density at radius 1 is 0.980 bits per heavy atom. The summed E-state index contributed by atoms with van der Waals surface area (Å²) in [7, 11) is -0.537. The van der Waals surface area contributed by atoms with Gasteiger partial charge in [-0.1, -0.05) is 81.4 Å². The molecule has 2 aliphatic heterocycles. The fourth-order valence-corrected chi connectivity index (χ4v) is 8.99. The highest BCUT2D eigenvalue weighted by atomic mass is 16.7. The molecule has 2 saturated heterocycles. The Hall–Kier alpha value is -4.21. The number of hydrogen-bond acceptors (Lipinski definition) is 6. The molecule has 9 rings (SSSR count). The molecule has 0 spiro atoms. The summed E-state index contributed by atoms with van der Waals surface area (Å²) in [6, 6.07) is 28.3. The lowest BCUT2D eigenvalue weighted by atomic mass is 9.43. The summed E-state index contributed by atoms with van der Waals surface area (Å²) >= 11 is 0. The van der Waals surface area contributed by atoms with E-state index in [1.54, 1.807) is 17.0 Å². The van der Waals surface area contributed by atoms with Crippen LogP contribution in [0.3, 0.4) is 0 Å². The zero-order valence-corrected chi connectivity index (χ0v) is 28.7. The maximum atomic E-state index is 14.3. The minimum Gasteiger partial charge on any atom is -0.488 e. The summed E-state index contributed by atoms with van der Waals surface area (Å²) in [6.45, 7) is 9.19. The van der Waals surface area contributed by atoms with Gasteiger partial charge >= 0.3 is 7.12 Å². The Bertz CT molecular complexity index is 1870. The van der Waals surface area contributed by atoms with E-state index in [0.717, 1.165) is 28.6 Å². The van der Waals surface area contributed by atoms with Gasteiger partial charge in [-0.05, 0) is 67.7 Å². The number of carbonyl (C=O) groups is 2. The minimum absolute atomic E-state index is 0.0246. The number of fused-ring (bicyclic) bond motifs is 1. The van der Waals surface area contributed by atoms with Crippen molar-refractivity contribution < 1.29 is 23.6 Å². The maximum Gasteiger partial charge on any atom is 0.481 e. The standard InChI is InChI=1S/C40H44BN3O5/c1-5-36(41-48-35-21-27-20-34(39(27,2)3)40(35,4)49-41)43-37(45)32-22-28(24-44(32)38(46)26-16-10-7-11-17-26)47-33-23-31(25-14-8-6-9-15-25)42-30-19-13-12-18-29(30)33/h6-19,23,27-28,32,34-36H,5,20-22,24H2,1-4H3,(H,43,45)/t27-,28-,32+,34-,35?,36+,40+/m1/s1. The van der Waals surface area contributed by atoms with Gasteiger partial charge in [-0.15, -0.1) is 0 Å². The van der Waals surface area contributed by atoms with Crippen LogP contribution in [-0.2, 0) is 14.1 Å². The van der Waals surface area contributed by atoms with Gasteiger partial charge in [-0.3, -0.25) is 9.59 Å². The van der Waals surface area contributed by atoms with Crippen LogP contribution in [-0.4, -0.2) is 65.2 Å². The van der Waals surface area contributed by atoms with Gasteiger partial charge in [0.2, 0.25) is 5.91 Å². The van der Waals surface area contributed by atoms with E-state index in [1.807, 2.05) is 85.8 Å². The van der Waals surface area contributed by atoms with Crippen molar-refractivity contribution in [3.63, 3.8) is 0 Å². The second-order valence-corrected chi connectivity index (χ2v) is 15.1. The molecule has 3 heterocycles. The summed E-state index contributed by atoms with van der Waals surface area (Å²) in [6.07, 6.45) is 2.75. The van der Waals surface area contributed by atoms with E-state index >= 15 is 0 Å². The van der Waals surface area contributed by atoms with Crippen LogP contribution in [0.2, 0.25) is 0 Å². The zero-order valence-electron chi connectivity index (χ0n) is 28.7. The average molecular weight is 658 g/mol. The number of para-hydroxylation sites is 1. The van der Waals surface area contributed by atoms with Crippen LogP contribution in [0.1, 0.15) is 63.7 Å². The van der Waals surface area contributed by atoms with E-state index in [0.29, 0.717) is 36.0 Å². The summed E-state index contributed by atoms with van der Waals surface area (Å²) in [5.41, 5.74) is 3.01. The van der Waals surface area contributed by atoms with E-state index in [2.05, 4.69) is 26.1 Å². The van der Waals surface area contributed by atoms with Crippen LogP contribution in [0.25, 0.3) is 22.2 Å². The molecule has 1 N–H and O–H groups in total. The van der Waals surface area contributed by atoms with Crippen molar-refractivity contribution in [3.8, 4) is 17.0 Å². The molecule has 5 fully saturated rings. The van der Waals surface area contributed by atoms with Crippen LogP contribution in [0, 0.1) is 17.3 Å². The summed E-state index contributed by atoms with van der Waals surface area (Å²) < 4.78 is 20.0. The van der Waals surface area contributed by atoms with Gasteiger partial charge < -0.3 is 24.3 Å². The highest BCUT2D eigenvalue weighted by Gasteiger charge is 2.68. The molecule has 7 atom stereocenters. The predicted molar refractivity (Wildman–Crippen MR) is 190 cm³/mol. The molecule has 3 saturated carbocycles. The van der Waals surface area contributed by atoms with Crippen molar-refractivity contribution in [1.29, 1.82) is 0 Å². The Kier molecular flexibility index (Phi) is 8.03. The van der Waals surface area contributed by atoms with Crippen molar-refractivity contribution in [2.24, 2.45) is 17.3 Å². The molecule has 1 unspecified atom stereocenters. The highest BCUT2D eigenvalue weighted by Crippen LogP contribution is 2.65. The molecule has 4 aromatic rings. The van der Waals surface area contributed by atoms with Crippen LogP contribution in [0.4, 0.5) is 0 Å². The van der Waals surface area contributed by atoms with Crippen molar-refractivity contribution in [3.05, 3.63) is 96.6 Å². The Morgan fingerprint density at radius 3 is 2.43 bits per heavy atom. The molecular weight excluding hydrogens is 613 g/mol. The van der Waals surface area contributed by atoms with Crippen LogP contribution >= 0.6 is 0 Å². The summed E-state index contributed by atoms with van der Waals surface area (Å²) in [5, 5.41) is 4.14. The van der Waals surface area contributed by atoms with E-state index in [9.17, 15) is 9.59 Å². The number of benzene rings is 3. The van der Waals surface area contributed by atoms with Crippen molar-refractivity contribution in [1.82, 2.24) is 15.2 Å². The molecule has 0 radical (unpaired) electrons. The third kappa shape index (κ3) is 5.51. The Balaban J connectivity index is 1.05. The van der Waals surface area contributed by atoms with E-state index in [-0.39, 0.29) is 41.4 Å². The number of rotatable bonds is 8. The molecule has 2 amide bonds. The zero-order chi connectivity index (χ0) is 33.9. The quantitative estimate of drug-likeness (QED) is 0.212. The summed E-state index contributed by atoms with van der Waals surface area (Å²) in [5.74, 6) is 0.990. The first-order chi connectivity index (χ1) is 23.7. The lowest BCUT2D eigenvalue weighted by Crippen LogP contribution is -2.65.